The van der Waals surface area contributed by atoms with Gasteiger partial charge in [0.2, 0.25) is 0 Å². The van der Waals surface area contributed by atoms with Crippen LogP contribution in [0.5, 0.6) is 0 Å². The molecule has 1 nitrogen and oxygen atoms in total. The summed E-state index contributed by atoms with van der Waals surface area (Å²) in [7, 11) is 0. The van der Waals surface area contributed by atoms with Gasteiger partial charge in [0.25, 0.3) is 0 Å². The van der Waals surface area contributed by atoms with E-state index in [1.165, 1.54) is 9.75 Å². The molecule has 0 amide bonds. The second-order valence-corrected chi connectivity index (χ2v) is 5.91. The van der Waals surface area contributed by atoms with Gasteiger partial charge >= 0.3 is 0 Å². The third-order valence-electron chi connectivity index (χ3n) is 3.29. The highest BCUT2D eigenvalue weighted by Gasteiger charge is 2.31. The minimum absolute atomic E-state index is 0.610. The second kappa shape index (κ2) is 5.28. The molecule has 1 aromatic heterocycles. The Bertz CT molecular complexity index is 326. The summed E-state index contributed by atoms with van der Waals surface area (Å²) in [4.78, 5) is 2.58. The van der Waals surface area contributed by atoms with Crippen molar-refractivity contribution in [2.75, 3.05) is 13.1 Å². The van der Waals surface area contributed by atoms with Crippen molar-refractivity contribution in [1.29, 1.82) is 0 Å². The Morgan fingerprint density at radius 1 is 1.31 bits per heavy atom. The summed E-state index contributed by atoms with van der Waals surface area (Å²) >= 11 is 1.77. The topological polar surface area (TPSA) is 12.0 Å². The molecule has 1 saturated heterocycles. The van der Waals surface area contributed by atoms with Crippen molar-refractivity contribution < 1.29 is 4.39 Å². The lowest BCUT2D eigenvalue weighted by atomic mass is 9.92. The van der Waals surface area contributed by atoms with Crippen LogP contribution in [0.3, 0.4) is 0 Å². The average molecular weight is 241 g/mol. The molecular weight excluding hydrogens is 221 g/mol. The van der Waals surface area contributed by atoms with Gasteiger partial charge in [0, 0.05) is 16.2 Å². The summed E-state index contributed by atoms with van der Waals surface area (Å²) in [5.41, 5.74) is -0.973. The maximum absolute atomic E-state index is 14.6. The summed E-state index contributed by atoms with van der Waals surface area (Å²) in [5.74, 6) is 0. The highest BCUT2D eigenvalue weighted by molar-refractivity contribution is 7.12. The Balaban J connectivity index is 2.00. The fourth-order valence-corrected chi connectivity index (χ4v) is 3.37. The minimum atomic E-state index is -0.973. The molecule has 1 N–H and O–H groups in total. The monoisotopic (exact) mass is 241 g/mol. The number of thiophene rings is 1. The van der Waals surface area contributed by atoms with Gasteiger partial charge < -0.3 is 5.32 Å². The lowest BCUT2D eigenvalue weighted by Crippen LogP contribution is -2.27. The molecule has 2 rings (SSSR count). The predicted octanol–water partition coefficient (Wildman–Crippen LogP) is 3.33. The molecule has 0 spiro atoms. The van der Waals surface area contributed by atoms with Crippen molar-refractivity contribution in [2.24, 2.45) is 0 Å². The Hall–Kier alpha value is -0.410. The van der Waals surface area contributed by atoms with E-state index in [0.29, 0.717) is 19.3 Å². The Labute approximate surface area is 101 Å². The van der Waals surface area contributed by atoms with E-state index >= 15 is 0 Å². The zero-order valence-electron chi connectivity index (χ0n) is 9.89. The molecule has 0 saturated carbocycles. The van der Waals surface area contributed by atoms with Gasteiger partial charge in [0.05, 0.1) is 0 Å². The maximum Gasteiger partial charge on any atom is 0.117 e. The first-order valence-electron chi connectivity index (χ1n) is 6.19. The van der Waals surface area contributed by atoms with Crippen molar-refractivity contribution in [3.8, 4) is 0 Å². The number of rotatable bonds is 3. The zero-order chi connectivity index (χ0) is 11.4. The molecule has 1 fully saturated rings. The van der Waals surface area contributed by atoms with Crippen molar-refractivity contribution in [1.82, 2.24) is 5.32 Å². The van der Waals surface area contributed by atoms with Crippen LogP contribution in [0, 0.1) is 0 Å². The molecule has 1 aliphatic rings. The Kier molecular flexibility index (Phi) is 3.98. The average Bonchev–Trinajstić information content (AvgIpc) is 2.60. The lowest BCUT2D eigenvalue weighted by Gasteiger charge is -2.22. The molecule has 1 unspecified atom stereocenters. The largest absolute Gasteiger partial charge is 0.317 e. The van der Waals surface area contributed by atoms with Crippen LogP contribution >= 0.6 is 11.3 Å². The number of aryl methyl sites for hydroxylation is 1. The number of hydrogen-bond donors (Lipinski definition) is 1. The van der Waals surface area contributed by atoms with Crippen LogP contribution < -0.4 is 5.32 Å². The summed E-state index contributed by atoms with van der Waals surface area (Å²) in [6.07, 6.45) is 4.00. The fourth-order valence-electron chi connectivity index (χ4n) is 2.29. The van der Waals surface area contributed by atoms with Gasteiger partial charge in [0.1, 0.15) is 5.67 Å². The number of alkyl halides is 1. The first kappa shape index (κ1) is 12.1. The van der Waals surface area contributed by atoms with E-state index in [1.54, 1.807) is 11.3 Å². The summed E-state index contributed by atoms with van der Waals surface area (Å²) in [6, 6.07) is 4.24. The molecule has 3 heteroatoms. The minimum Gasteiger partial charge on any atom is -0.317 e. The van der Waals surface area contributed by atoms with Crippen LogP contribution in [0.2, 0.25) is 0 Å². The number of hydrogen-bond acceptors (Lipinski definition) is 2. The molecule has 90 valence electrons. The van der Waals surface area contributed by atoms with E-state index in [0.717, 1.165) is 25.9 Å². The zero-order valence-corrected chi connectivity index (χ0v) is 10.7. The molecule has 1 aliphatic heterocycles. The molecule has 2 heterocycles. The molecule has 0 aromatic carbocycles. The summed E-state index contributed by atoms with van der Waals surface area (Å²) in [5, 5.41) is 3.27. The summed E-state index contributed by atoms with van der Waals surface area (Å²) < 4.78 is 14.6. The van der Waals surface area contributed by atoms with Crippen LogP contribution in [0.1, 0.15) is 35.9 Å². The number of nitrogens with one attached hydrogen (secondary N) is 1. The molecule has 0 aliphatic carbocycles. The van der Waals surface area contributed by atoms with Crippen LogP contribution in [0.4, 0.5) is 4.39 Å². The quantitative estimate of drug-likeness (QED) is 0.856. The first-order chi connectivity index (χ1) is 7.72. The fraction of sp³-hybridized carbons (Fsp3) is 0.692. The van der Waals surface area contributed by atoms with Crippen LogP contribution in [0.25, 0.3) is 0 Å². The van der Waals surface area contributed by atoms with Gasteiger partial charge in [-0.2, -0.15) is 0 Å². The van der Waals surface area contributed by atoms with E-state index in [1.807, 2.05) is 0 Å². The maximum atomic E-state index is 14.6. The Morgan fingerprint density at radius 2 is 2.12 bits per heavy atom. The van der Waals surface area contributed by atoms with Crippen molar-refractivity contribution in [3.05, 3.63) is 21.9 Å². The second-order valence-electron chi connectivity index (χ2n) is 4.65. The van der Waals surface area contributed by atoms with Gasteiger partial charge in [-0.25, -0.2) is 4.39 Å². The lowest BCUT2D eigenvalue weighted by molar-refractivity contribution is 0.145. The first-order valence-corrected chi connectivity index (χ1v) is 7.01. The highest BCUT2D eigenvalue weighted by Crippen LogP contribution is 2.31. The molecule has 0 bridgehead atoms. The normalized spacial score (nSPS) is 26.6. The third kappa shape index (κ3) is 3.05. The van der Waals surface area contributed by atoms with Gasteiger partial charge in [-0.15, -0.1) is 11.3 Å². The van der Waals surface area contributed by atoms with Crippen molar-refractivity contribution in [2.45, 2.75) is 44.7 Å². The van der Waals surface area contributed by atoms with Crippen molar-refractivity contribution in [3.63, 3.8) is 0 Å². The smallest absolute Gasteiger partial charge is 0.117 e. The molecular formula is C13H20FNS. The van der Waals surface area contributed by atoms with Crippen LogP contribution in [-0.2, 0) is 12.8 Å². The SMILES string of the molecule is CCc1ccc(CC2(F)CCCNCC2)s1. The van der Waals surface area contributed by atoms with Crippen molar-refractivity contribution >= 4 is 11.3 Å². The van der Waals surface area contributed by atoms with Gasteiger partial charge in [0.15, 0.2) is 0 Å². The van der Waals surface area contributed by atoms with E-state index in [4.69, 9.17) is 0 Å². The predicted molar refractivity (Wildman–Crippen MR) is 68.0 cm³/mol. The molecule has 1 aromatic rings. The van der Waals surface area contributed by atoms with E-state index in [2.05, 4.69) is 24.4 Å². The Morgan fingerprint density at radius 3 is 2.88 bits per heavy atom. The van der Waals surface area contributed by atoms with E-state index in [9.17, 15) is 4.39 Å². The molecule has 1 atom stereocenters. The standard InChI is InChI=1S/C13H20FNS/c1-2-11-4-5-12(16-11)10-13(14)6-3-8-15-9-7-13/h4-5,15H,2-3,6-10H2,1H3. The van der Waals surface area contributed by atoms with Crippen LogP contribution in [-0.4, -0.2) is 18.8 Å². The van der Waals surface area contributed by atoms with Gasteiger partial charge in [-0.3, -0.25) is 0 Å². The molecule has 0 radical (unpaired) electrons. The van der Waals surface area contributed by atoms with Gasteiger partial charge in [-0.1, -0.05) is 6.92 Å². The number of halogens is 1. The summed E-state index contributed by atoms with van der Waals surface area (Å²) in [6.45, 7) is 3.94. The van der Waals surface area contributed by atoms with E-state index < -0.39 is 5.67 Å². The molecule has 16 heavy (non-hydrogen) atoms. The van der Waals surface area contributed by atoms with Crippen LogP contribution in [0.15, 0.2) is 12.1 Å². The highest BCUT2D eigenvalue weighted by atomic mass is 32.1. The van der Waals surface area contributed by atoms with E-state index in [-0.39, 0.29) is 0 Å². The van der Waals surface area contributed by atoms with Gasteiger partial charge in [-0.05, 0) is 50.9 Å². The third-order valence-corrected chi connectivity index (χ3v) is 4.51.